The van der Waals surface area contributed by atoms with Crippen LogP contribution < -0.4 is 15.5 Å². The predicted molar refractivity (Wildman–Crippen MR) is 158 cm³/mol. The standard InChI is InChI=1S/C30H29Cl2N5O4/c1-19(30(40)37-14-12-36(13-15-37)24-8-5-21(31)6-9-24)34-28(38)25(18-23-4-2-3-11-33-23)35-29(39)27-17-20-16-22(32)7-10-26(20)41-27/h2-11,16-17,19,25H,12-15,18H2,1H3,(H,34,38)(H,35,39)/t19-,25-/m0/s1. The number of piperazine rings is 1. The molecule has 1 aliphatic heterocycles. The fourth-order valence-corrected chi connectivity index (χ4v) is 5.09. The lowest BCUT2D eigenvalue weighted by molar-refractivity contribution is -0.136. The van der Waals surface area contributed by atoms with Crippen molar-refractivity contribution in [1.82, 2.24) is 20.5 Å². The van der Waals surface area contributed by atoms with Crippen LogP contribution in [0.4, 0.5) is 5.69 Å². The fraction of sp³-hybridized carbons (Fsp3) is 0.267. The van der Waals surface area contributed by atoms with E-state index in [9.17, 15) is 14.4 Å². The summed E-state index contributed by atoms with van der Waals surface area (Å²) in [5.74, 6) is -1.20. The van der Waals surface area contributed by atoms with E-state index >= 15 is 0 Å². The number of amides is 3. The first-order valence-corrected chi connectivity index (χ1v) is 14.0. The average molecular weight is 594 g/mol. The Balaban J connectivity index is 1.23. The monoisotopic (exact) mass is 593 g/mol. The Morgan fingerprint density at radius 3 is 2.37 bits per heavy atom. The molecule has 0 bridgehead atoms. The van der Waals surface area contributed by atoms with Gasteiger partial charge in [-0.15, -0.1) is 0 Å². The molecule has 3 heterocycles. The first-order chi connectivity index (χ1) is 19.8. The van der Waals surface area contributed by atoms with Gasteiger partial charge < -0.3 is 24.9 Å². The number of nitrogens with zero attached hydrogens (tertiary/aromatic N) is 3. The zero-order chi connectivity index (χ0) is 28.9. The quantitative estimate of drug-likeness (QED) is 0.315. The minimum Gasteiger partial charge on any atom is -0.451 e. The number of halogens is 2. The Morgan fingerprint density at radius 1 is 0.927 bits per heavy atom. The lowest BCUT2D eigenvalue weighted by Crippen LogP contribution is -2.57. The number of rotatable bonds is 8. The zero-order valence-corrected chi connectivity index (χ0v) is 23.9. The SMILES string of the molecule is C[C@H](NC(=O)[C@H](Cc1ccccn1)NC(=O)c1cc2cc(Cl)ccc2o1)C(=O)N1CCN(c2ccc(Cl)cc2)CC1. The fourth-order valence-electron chi connectivity index (χ4n) is 4.78. The third kappa shape index (κ3) is 6.99. The molecule has 4 aromatic rings. The summed E-state index contributed by atoms with van der Waals surface area (Å²) in [6, 6.07) is 17.8. The van der Waals surface area contributed by atoms with Crippen molar-refractivity contribution >= 4 is 57.6 Å². The number of nitrogens with one attached hydrogen (secondary N) is 2. The smallest absolute Gasteiger partial charge is 0.287 e. The van der Waals surface area contributed by atoms with Crippen LogP contribution in [0.2, 0.25) is 10.0 Å². The molecule has 212 valence electrons. The van der Waals surface area contributed by atoms with E-state index < -0.39 is 23.9 Å². The number of furan rings is 1. The Labute approximate surface area is 247 Å². The van der Waals surface area contributed by atoms with Crippen LogP contribution in [-0.4, -0.2) is 65.9 Å². The minimum absolute atomic E-state index is 0.0452. The van der Waals surface area contributed by atoms with Gasteiger partial charge in [-0.1, -0.05) is 29.3 Å². The van der Waals surface area contributed by atoms with E-state index in [0.29, 0.717) is 52.9 Å². The van der Waals surface area contributed by atoms with Crippen molar-refractivity contribution in [1.29, 1.82) is 0 Å². The van der Waals surface area contributed by atoms with Gasteiger partial charge in [-0.05, 0) is 67.6 Å². The highest BCUT2D eigenvalue weighted by atomic mass is 35.5. The Bertz CT molecular complexity index is 1540. The Hall–Kier alpha value is -4.08. The van der Waals surface area contributed by atoms with Crippen LogP contribution in [0.3, 0.4) is 0 Å². The number of carbonyl (C=O) groups is 3. The Kier molecular flexibility index (Phi) is 8.75. The van der Waals surface area contributed by atoms with Crippen molar-refractivity contribution < 1.29 is 18.8 Å². The molecule has 0 unspecified atom stereocenters. The topological polar surface area (TPSA) is 108 Å². The lowest BCUT2D eigenvalue weighted by Gasteiger charge is -2.37. The van der Waals surface area contributed by atoms with E-state index in [4.69, 9.17) is 27.6 Å². The maximum atomic E-state index is 13.4. The van der Waals surface area contributed by atoms with Gasteiger partial charge in [-0.2, -0.15) is 0 Å². The molecular formula is C30H29Cl2N5O4. The van der Waals surface area contributed by atoms with Gasteiger partial charge in [0.25, 0.3) is 5.91 Å². The van der Waals surface area contributed by atoms with E-state index in [1.165, 1.54) is 0 Å². The average Bonchev–Trinajstić information content (AvgIpc) is 3.41. The molecule has 2 atom stereocenters. The summed E-state index contributed by atoms with van der Waals surface area (Å²) in [4.78, 5) is 48.0. The maximum Gasteiger partial charge on any atom is 0.287 e. The van der Waals surface area contributed by atoms with Crippen molar-refractivity contribution in [2.45, 2.75) is 25.4 Å². The maximum absolute atomic E-state index is 13.4. The molecule has 1 saturated heterocycles. The number of anilines is 1. The van der Waals surface area contributed by atoms with Crippen LogP contribution in [0.15, 0.2) is 77.3 Å². The van der Waals surface area contributed by atoms with Gasteiger partial charge >= 0.3 is 0 Å². The molecular weight excluding hydrogens is 565 g/mol. The van der Waals surface area contributed by atoms with E-state index in [2.05, 4.69) is 20.5 Å². The summed E-state index contributed by atoms with van der Waals surface area (Å²) >= 11 is 12.1. The zero-order valence-electron chi connectivity index (χ0n) is 22.3. The molecule has 2 aromatic carbocycles. The highest BCUT2D eigenvalue weighted by Gasteiger charge is 2.30. The summed E-state index contributed by atoms with van der Waals surface area (Å²) in [5, 5.41) is 7.40. The number of hydrogen-bond donors (Lipinski definition) is 2. The lowest BCUT2D eigenvalue weighted by atomic mass is 10.1. The summed E-state index contributed by atoms with van der Waals surface area (Å²) in [6.45, 7) is 4.01. The summed E-state index contributed by atoms with van der Waals surface area (Å²) in [5.41, 5.74) is 2.16. The van der Waals surface area contributed by atoms with Gasteiger partial charge in [0.2, 0.25) is 11.8 Å². The molecule has 2 N–H and O–H groups in total. The third-order valence-corrected chi connectivity index (χ3v) is 7.46. The van der Waals surface area contributed by atoms with Crippen molar-refractivity contribution in [3.63, 3.8) is 0 Å². The largest absolute Gasteiger partial charge is 0.451 e. The van der Waals surface area contributed by atoms with Crippen LogP contribution in [0, 0.1) is 0 Å². The van der Waals surface area contributed by atoms with E-state index in [1.807, 2.05) is 24.3 Å². The second-order valence-electron chi connectivity index (χ2n) is 9.86. The van der Waals surface area contributed by atoms with Crippen molar-refractivity contribution in [3.8, 4) is 0 Å². The first-order valence-electron chi connectivity index (χ1n) is 13.3. The second-order valence-corrected chi connectivity index (χ2v) is 10.7. The second kappa shape index (κ2) is 12.6. The molecule has 1 aliphatic rings. The van der Waals surface area contributed by atoms with E-state index in [-0.39, 0.29) is 18.1 Å². The summed E-state index contributed by atoms with van der Waals surface area (Å²) < 4.78 is 5.67. The minimum atomic E-state index is -0.994. The highest BCUT2D eigenvalue weighted by molar-refractivity contribution is 6.31. The predicted octanol–water partition coefficient (Wildman–Crippen LogP) is 4.33. The number of benzene rings is 2. The van der Waals surface area contributed by atoms with Crippen LogP contribution in [0.25, 0.3) is 11.0 Å². The van der Waals surface area contributed by atoms with Gasteiger partial charge in [0.15, 0.2) is 5.76 Å². The van der Waals surface area contributed by atoms with E-state index in [1.54, 1.807) is 60.5 Å². The van der Waals surface area contributed by atoms with Crippen molar-refractivity contribution in [2.24, 2.45) is 0 Å². The molecule has 9 nitrogen and oxygen atoms in total. The number of aromatic nitrogens is 1. The summed E-state index contributed by atoms with van der Waals surface area (Å²) in [6.07, 6.45) is 1.75. The van der Waals surface area contributed by atoms with E-state index in [0.717, 1.165) is 5.69 Å². The number of pyridine rings is 1. The van der Waals surface area contributed by atoms with Crippen LogP contribution in [0.1, 0.15) is 23.2 Å². The van der Waals surface area contributed by atoms with Gasteiger partial charge in [-0.3, -0.25) is 19.4 Å². The molecule has 5 rings (SSSR count). The number of fused-ring (bicyclic) bond motifs is 1. The van der Waals surface area contributed by atoms with Gasteiger partial charge in [0.1, 0.15) is 17.7 Å². The molecule has 3 amide bonds. The molecule has 41 heavy (non-hydrogen) atoms. The van der Waals surface area contributed by atoms with Crippen molar-refractivity contribution in [2.75, 3.05) is 31.1 Å². The van der Waals surface area contributed by atoms with Crippen LogP contribution in [-0.2, 0) is 16.0 Å². The molecule has 0 aliphatic carbocycles. The van der Waals surface area contributed by atoms with Crippen LogP contribution >= 0.6 is 23.2 Å². The highest BCUT2D eigenvalue weighted by Crippen LogP contribution is 2.23. The normalized spacial score (nSPS) is 14.9. The van der Waals surface area contributed by atoms with Gasteiger partial charge in [0, 0.05) is 65.6 Å². The van der Waals surface area contributed by atoms with Crippen molar-refractivity contribution in [3.05, 3.63) is 94.4 Å². The third-order valence-electron chi connectivity index (χ3n) is 6.98. The molecule has 0 spiro atoms. The molecule has 11 heteroatoms. The van der Waals surface area contributed by atoms with Gasteiger partial charge in [-0.25, -0.2) is 0 Å². The molecule has 2 aromatic heterocycles. The molecule has 0 radical (unpaired) electrons. The number of hydrogen-bond acceptors (Lipinski definition) is 6. The van der Waals surface area contributed by atoms with Gasteiger partial charge in [0.05, 0.1) is 0 Å². The number of carbonyl (C=O) groups excluding carboxylic acids is 3. The molecule has 1 fully saturated rings. The molecule has 0 saturated carbocycles. The van der Waals surface area contributed by atoms with Crippen LogP contribution in [0.5, 0.6) is 0 Å². The summed E-state index contributed by atoms with van der Waals surface area (Å²) in [7, 11) is 0. The first kappa shape index (κ1) is 28.4. The Morgan fingerprint density at radius 2 is 1.66 bits per heavy atom.